The predicted molar refractivity (Wildman–Crippen MR) is 118 cm³/mol. The zero-order valence-corrected chi connectivity index (χ0v) is 19.3. The van der Waals surface area contributed by atoms with Crippen LogP contribution in [-0.2, 0) is 25.7 Å². The number of nitrogens with zero attached hydrogens (tertiary/aromatic N) is 1. The lowest BCUT2D eigenvalue weighted by Crippen LogP contribution is -2.43. The topological polar surface area (TPSA) is 84.9 Å². The van der Waals surface area contributed by atoms with Crippen molar-refractivity contribution in [1.29, 1.82) is 0 Å². The van der Waals surface area contributed by atoms with Crippen LogP contribution in [0.25, 0.3) is 0 Å². The number of rotatable bonds is 6. The molecule has 1 unspecified atom stereocenters. The Balaban J connectivity index is 1.74. The number of anilines is 1. The number of methoxy groups -OCH3 is 1. The molecule has 0 amide bonds. The third kappa shape index (κ3) is 5.00. The minimum Gasteiger partial charge on any atom is -0.486 e. The van der Waals surface area contributed by atoms with Crippen molar-refractivity contribution in [1.82, 2.24) is 5.32 Å². The van der Waals surface area contributed by atoms with Crippen LogP contribution in [0.3, 0.4) is 0 Å². The first-order valence-electron chi connectivity index (χ1n) is 10.9. The number of hydrogen-bond acceptors (Lipinski definition) is 6. The van der Waals surface area contributed by atoms with Crippen LogP contribution >= 0.6 is 0 Å². The lowest BCUT2D eigenvalue weighted by Gasteiger charge is -2.36. The van der Waals surface area contributed by atoms with Crippen LogP contribution in [0.4, 0.5) is 18.9 Å². The first kappa shape index (κ1) is 24.3. The summed E-state index contributed by atoms with van der Waals surface area (Å²) in [7, 11) is -3.10. The molecule has 2 aliphatic rings. The summed E-state index contributed by atoms with van der Waals surface area (Å²) in [5, 5.41) is 3.26. The van der Waals surface area contributed by atoms with E-state index in [1.807, 2.05) is 6.07 Å². The maximum absolute atomic E-state index is 13.6. The molecule has 0 spiro atoms. The number of nitrogens with one attached hydrogen (secondary N) is 1. The summed E-state index contributed by atoms with van der Waals surface area (Å²) in [6.45, 7) is 1.46. The summed E-state index contributed by atoms with van der Waals surface area (Å²) >= 11 is 0. The summed E-state index contributed by atoms with van der Waals surface area (Å²) in [6, 6.07) is 8.97. The van der Waals surface area contributed by atoms with Crippen LogP contribution in [0.2, 0.25) is 0 Å². The number of benzene rings is 2. The number of carbonyl (C=O) groups excluding carboxylic acids is 1. The Kier molecular flexibility index (Phi) is 6.77. The fourth-order valence-corrected chi connectivity index (χ4v) is 5.79. The summed E-state index contributed by atoms with van der Waals surface area (Å²) in [5.41, 5.74) is 0.149. The van der Waals surface area contributed by atoms with Crippen molar-refractivity contribution in [3.8, 4) is 5.75 Å². The maximum atomic E-state index is 13.6. The number of halogens is 3. The molecule has 4 rings (SSSR count). The Labute approximate surface area is 195 Å². The van der Waals surface area contributed by atoms with Gasteiger partial charge in [-0.2, -0.15) is 13.2 Å². The van der Waals surface area contributed by atoms with Crippen LogP contribution < -0.4 is 14.4 Å². The second-order valence-electron chi connectivity index (χ2n) is 8.33. The molecule has 11 heteroatoms. The Morgan fingerprint density at radius 1 is 1.24 bits per heavy atom. The highest BCUT2D eigenvalue weighted by Gasteiger charge is 2.37. The number of ether oxygens (including phenoxy) is 2. The summed E-state index contributed by atoms with van der Waals surface area (Å²) in [6.07, 6.45) is -4.26. The molecule has 2 aromatic rings. The quantitative estimate of drug-likeness (QED) is 0.612. The number of sulfonamides is 1. The van der Waals surface area contributed by atoms with E-state index in [2.05, 4.69) is 10.1 Å². The van der Waals surface area contributed by atoms with E-state index in [0.29, 0.717) is 11.8 Å². The first-order valence-corrected chi connectivity index (χ1v) is 12.3. The highest BCUT2D eigenvalue weighted by molar-refractivity contribution is 7.92. The second-order valence-corrected chi connectivity index (χ2v) is 10.2. The molecule has 184 valence electrons. The number of fused-ring (bicyclic) bond motifs is 1. The molecular formula is C23H25F3N2O5S. The van der Waals surface area contributed by atoms with Gasteiger partial charge >= 0.3 is 12.1 Å². The van der Waals surface area contributed by atoms with E-state index in [4.69, 9.17) is 4.74 Å². The molecule has 2 atom stereocenters. The number of hydrogen-bond donors (Lipinski definition) is 1. The fourth-order valence-electron chi connectivity index (χ4n) is 4.24. The Hall–Kier alpha value is -2.79. The summed E-state index contributed by atoms with van der Waals surface area (Å²) in [5.74, 6) is 0.0256. The highest BCUT2D eigenvalue weighted by atomic mass is 32.2. The minimum absolute atomic E-state index is 0.0137. The molecule has 0 radical (unpaired) electrons. The predicted octanol–water partition coefficient (Wildman–Crippen LogP) is 3.69. The lowest BCUT2D eigenvalue weighted by atomic mass is 9.97. The Morgan fingerprint density at radius 2 is 2.03 bits per heavy atom. The zero-order chi connectivity index (χ0) is 24.5. The van der Waals surface area contributed by atoms with E-state index < -0.39 is 38.7 Å². The number of esters is 1. The maximum Gasteiger partial charge on any atom is 0.416 e. The molecule has 2 aromatic carbocycles. The molecule has 1 N–H and O–H groups in total. The third-order valence-corrected chi connectivity index (χ3v) is 7.87. The largest absolute Gasteiger partial charge is 0.486 e. The van der Waals surface area contributed by atoms with E-state index in [0.717, 1.165) is 47.6 Å². The van der Waals surface area contributed by atoms with Gasteiger partial charge in [0.15, 0.2) is 0 Å². The Morgan fingerprint density at radius 3 is 2.71 bits per heavy atom. The molecule has 2 aliphatic heterocycles. The second kappa shape index (κ2) is 9.46. The SMILES string of the molecule is COC(=O)CC[C@H]1CN(S(=O)(=O)c2cccc(C(F)(F)F)c2)c2cc(C3CCNC3)ccc2O1. The van der Waals surface area contributed by atoms with Crippen LogP contribution in [0.1, 0.15) is 36.3 Å². The van der Waals surface area contributed by atoms with Gasteiger partial charge in [0.05, 0.1) is 29.8 Å². The van der Waals surface area contributed by atoms with E-state index in [-0.39, 0.29) is 31.0 Å². The van der Waals surface area contributed by atoms with Crippen LogP contribution in [-0.4, -0.2) is 47.2 Å². The fraction of sp³-hybridized carbons (Fsp3) is 0.435. The van der Waals surface area contributed by atoms with Crippen LogP contribution in [0.15, 0.2) is 47.4 Å². The summed E-state index contributed by atoms with van der Waals surface area (Å²) in [4.78, 5) is 11.1. The molecule has 2 heterocycles. The zero-order valence-electron chi connectivity index (χ0n) is 18.5. The van der Waals surface area contributed by atoms with Gasteiger partial charge in [0, 0.05) is 13.0 Å². The normalized spacial score (nSPS) is 20.5. The molecule has 0 aromatic heterocycles. The standard InChI is InChI=1S/C23H25F3N2O5S/c1-32-22(29)8-6-18-14-28(34(30,31)19-4-2-3-17(12-19)23(24,25)26)20-11-15(5-7-21(20)33-18)16-9-10-27-13-16/h2-5,7,11-12,16,18,27H,6,8-10,13-14H2,1H3/t16?,18-/m0/s1. The van der Waals surface area contributed by atoms with Crippen molar-refractivity contribution in [3.05, 3.63) is 53.6 Å². The van der Waals surface area contributed by atoms with Crippen LogP contribution in [0.5, 0.6) is 5.75 Å². The van der Waals surface area contributed by atoms with Gasteiger partial charge in [-0.1, -0.05) is 12.1 Å². The van der Waals surface area contributed by atoms with Crippen molar-refractivity contribution in [2.24, 2.45) is 0 Å². The molecule has 0 aliphatic carbocycles. The van der Waals surface area contributed by atoms with Gasteiger partial charge in [0.25, 0.3) is 10.0 Å². The molecule has 0 bridgehead atoms. The first-order chi connectivity index (χ1) is 16.1. The van der Waals surface area contributed by atoms with Crippen LogP contribution in [0, 0.1) is 0 Å². The molecule has 1 saturated heterocycles. The average molecular weight is 499 g/mol. The number of carbonyl (C=O) groups is 1. The average Bonchev–Trinajstić information content (AvgIpc) is 3.36. The van der Waals surface area contributed by atoms with Crippen molar-refractivity contribution in [2.45, 2.75) is 42.4 Å². The van der Waals surface area contributed by atoms with Gasteiger partial charge in [0.2, 0.25) is 0 Å². The highest BCUT2D eigenvalue weighted by Crippen LogP contribution is 2.41. The number of alkyl halides is 3. The lowest BCUT2D eigenvalue weighted by molar-refractivity contribution is -0.141. The van der Waals surface area contributed by atoms with Crippen molar-refractivity contribution in [3.63, 3.8) is 0 Å². The smallest absolute Gasteiger partial charge is 0.416 e. The molecule has 0 saturated carbocycles. The van der Waals surface area contributed by atoms with E-state index in [1.165, 1.54) is 7.11 Å². The minimum atomic E-state index is -4.68. The Bertz CT molecular complexity index is 1160. The van der Waals surface area contributed by atoms with Gasteiger partial charge in [-0.25, -0.2) is 8.42 Å². The van der Waals surface area contributed by atoms with Crippen molar-refractivity contribution < 1.29 is 35.9 Å². The van der Waals surface area contributed by atoms with Gasteiger partial charge in [-0.3, -0.25) is 9.10 Å². The molecule has 7 nitrogen and oxygen atoms in total. The monoisotopic (exact) mass is 498 g/mol. The van der Waals surface area contributed by atoms with Gasteiger partial charge in [0.1, 0.15) is 11.9 Å². The third-order valence-electron chi connectivity index (χ3n) is 6.09. The van der Waals surface area contributed by atoms with E-state index in [9.17, 15) is 26.4 Å². The van der Waals surface area contributed by atoms with Crippen molar-refractivity contribution >= 4 is 21.7 Å². The van der Waals surface area contributed by atoms with Gasteiger partial charge in [-0.05, 0) is 61.2 Å². The van der Waals surface area contributed by atoms with E-state index in [1.54, 1.807) is 12.1 Å². The molecule has 34 heavy (non-hydrogen) atoms. The molecule has 1 fully saturated rings. The van der Waals surface area contributed by atoms with E-state index >= 15 is 0 Å². The molecular weight excluding hydrogens is 473 g/mol. The van der Waals surface area contributed by atoms with Gasteiger partial charge in [-0.15, -0.1) is 0 Å². The van der Waals surface area contributed by atoms with Gasteiger partial charge < -0.3 is 14.8 Å². The summed E-state index contributed by atoms with van der Waals surface area (Å²) < 4.78 is 78.7. The van der Waals surface area contributed by atoms with Crippen molar-refractivity contribution in [2.75, 3.05) is 31.0 Å².